The molecule has 8 nitrogen and oxygen atoms in total. The zero-order valence-electron chi connectivity index (χ0n) is 15.9. The van der Waals surface area contributed by atoms with Crippen LogP contribution >= 0.6 is 0 Å². The van der Waals surface area contributed by atoms with E-state index < -0.39 is 0 Å². The molecule has 1 saturated heterocycles. The fourth-order valence-electron chi connectivity index (χ4n) is 3.24. The molecule has 3 rings (SSSR count). The lowest BCUT2D eigenvalue weighted by molar-refractivity contribution is 0.0873. The molecule has 2 amide bonds. The lowest BCUT2D eigenvalue weighted by Gasteiger charge is -2.33. The number of methoxy groups -OCH3 is 2. The normalized spacial score (nSPS) is 15.0. The number of nitrogens with one attached hydrogen (secondary N) is 1. The van der Waals surface area contributed by atoms with Crippen molar-refractivity contribution in [3.05, 3.63) is 29.5 Å². The van der Waals surface area contributed by atoms with Gasteiger partial charge in [-0.2, -0.15) is 0 Å². The molecule has 0 aliphatic carbocycles. The van der Waals surface area contributed by atoms with Gasteiger partial charge in [-0.05, 0) is 19.1 Å². The fourth-order valence-corrected chi connectivity index (χ4v) is 3.24. The summed E-state index contributed by atoms with van der Waals surface area (Å²) < 4.78 is 15.7. The first-order chi connectivity index (χ1) is 13.0. The van der Waals surface area contributed by atoms with Gasteiger partial charge >= 0.3 is 6.09 Å². The molecule has 1 aliphatic heterocycles. The zero-order valence-corrected chi connectivity index (χ0v) is 15.9. The second-order valence-corrected chi connectivity index (χ2v) is 6.47. The van der Waals surface area contributed by atoms with E-state index in [9.17, 15) is 9.59 Å². The van der Waals surface area contributed by atoms with Crippen LogP contribution in [0.4, 0.5) is 4.79 Å². The predicted octanol–water partition coefficient (Wildman–Crippen LogP) is 1.86. The molecule has 0 radical (unpaired) electrons. The largest absolute Gasteiger partial charge is 0.497 e. The number of rotatable bonds is 5. The summed E-state index contributed by atoms with van der Waals surface area (Å²) in [4.78, 5) is 27.9. The molecule has 27 heavy (non-hydrogen) atoms. The van der Waals surface area contributed by atoms with E-state index in [0.717, 1.165) is 24.0 Å². The summed E-state index contributed by atoms with van der Waals surface area (Å²) in [5.74, 6) is 0.791. The SMILES string of the molecule is COC(=O)N1CCN(CCNC(=O)c2oc3cc(OC)ccc3c2C)CC1. The van der Waals surface area contributed by atoms with Crippen LogP contribution in [-0.2, 0) is 4.74 Å². The highest BCUT2D eigenvalue weighted by atomic mass is 16.5. The van der Waals surface area contributed by atoms with Crippen molar-refractivity contribution >= 4 is 23.0 Å². The standard InChI is InChI=1S/C19H25N3O5/c1-13-15-5-4-14(25-2)12-16(15)27-17(13)18(23)20-6-7-21-8-10-22(11-9-21)19(24)26-3/h4-5,12H,6-11H2,1-3H3,(H,20,23). The Morgan fingerprint density at radius 3 is 2.59 bits per heavy atom. The molecule has 2 aromatic rings. The van der Waals surface area contributed by atoms with Gasteiger partial charge in [0.15, 0.2) is 5.76 Å². The summed E-state index contributed by atoms with van der Waals surface area (Å²) in [7, 11) is 2.98. The molecule has 8 heteroatoms. The Morgan fingerprint density at radius 1 is 1.19 bits per heavy atom. The molecule has 0 saturated carbocycles. The maximum absolute atomic E-state index is 12.5. The average Bonchev–Trinajstić information content (AvgIpc) is 3.03. The number of ether oxygens (including phenoxy) is 2. The van der Waals surface area contributed by atoms with E-state index in [4.69, 9.17) is 13.9 Å². The van der Waals surface area contributed by atoms with Gasteiger partial charge in [-0.3, -0.25) is 9.69 Å². The van der Waals surface area contributed by atoms with Gasteiger partial charge in [0.05, 0.1) is 14.2 Å². The van der Waals surface area contributed by atoms with Crippen molar-refractivity contribution in [3.63, 3.8) is 0 Å². The maximum Gasteiger partial charge on any atom is 0.409 e. The first-order valence-electron chi connectivity index (χ1n) is 8.94. The van der Waals surface area contributed by atoms with Crippen LogP contribution < -0.4 is 10.1 Å². The van der Waals surface area contributed by atoms with Crippen molar-refractivity contribution < 1.29 is 23.5 Å². The van der Waals surface area contributed by atoms with E-state index in [1.807, 2.05) is 19.1 Å². The molecule has 1 aliphatic rings. The van der Waals surface area contributed by atoms with Gasteiger partial charge < -0.3 is 24.1 Å². The van der Waals surface area contributed by atoms with E-state index in [-0.39, 0.29) is 12.0 Å². The third kappa shape index (κ3) is 4.16. The number of carbonyl (C=O) groups excluding carboxylic acids is 2. The Hall–Kier alpha value is -2.74. The molecule has 0 atom stereocenters. The third-order valence-electron chi connectivity index (χ3n) is 4.87. The van der Waals surface area contributed by atoms with Crippen molar-refractivity contribution in [1.29, 1.82) is 0 Å². The Bertz CT molecular complexity index is 824. The maximum atomic E-state index is 12.5. The number of furan rings is 1. The predicted molar refractivity (Wildman–Crippen MR) is 100 cm³/mol. The van der Waals surface area contributed by atoms with Crippen molar-refractivity contribution in [3.8, 4) is 5.75 Å². The number of piperazine rings is 1. The smallest absolute Gasteiger partial charge is 0.409 e. The molecule has 0 spiro atoms. The van der Waals surface area contributed by atoms with Gasteiger partial charge in [-0.25, -0.2) is 4.79 Å². The summed E-state index contributed by atoms with van der Waals surface area (Å²) >= 11 is 0. The molecule has 0 unspecified atom stereocenters. The first kappa shape index (κ1) is 19.0. The highest BCUT2D eigenvalue weighted by Gasteiger charge is 2.22. The van der Waals surface area contributed by atoms with Crippen LogP contribution in [-0.4, -0.2) is 75.3 Å². The first-order valence-corrected chi connectivity index (χ1v) is 8.94. The molecule has 1 aromatic carbocycles. The highest BCUT2D eigenvalue weighted by Crippen LogP contribution is 2.28. The summed E-state index contributed by atoms with van der Waals surface area (Å²) in [5, 5.41) is 3.81. The van der Waals surface area contributed by atoms with Gasteiger partial charge in [-0.1, -0.05) is 0 Å². The van der Waals surface area contributed by atoms with Crippen LogP contribution in [0.25, 0.3) is 11.0 Å². The van der Waals surface area contributed by atoms with Gasteiger partial charge in [0, 0.05) is 56.3 Å². The van der Waals surface area contributed by atoms with Gasteiger partial charge in [-0.15, -0.1) is 0 Å². The Labute approximate surface area is 158 Å². The Morgan fingerprint density at radius 2 is 1.93 bits per heavy atom. The number of amides is 2. The Kier molecular flexibility index (Phi) is 5.85. The van der Waals surface area contributed by atoms with Crippen LogP contribution in [0.15, 0.2) is 22.6 Å². The number of aryl methyl sites for hydroxylation is 1. The van der Waals surface area contributed by atoms with Gasteiger partial charge in [0.2, 0.25) is 0 Å². The van der Waals surface area contributed by atoms with Crippen LogP contribution in [0.5, 0.6) is 5.75 Å². The topological polar surface area (TPSA) is 84.3 Å². The second-order valence-electron chi connectivity index (χ2n) is 6.47. The minimum absolute atomic E-state index is 0.226. The summed E-state index contributed by atoms with van der Waals surface area (Å²) in [5.41, 5.74) is 1.45. The van der Waals surface area contributed by atoms with E-state index in [1.54, 1.807) is 18.1 Å². The summed E-state index contributed by atoms with van der Waals surface area (Å²) in [6.45, 7) is 5.88. The van der Waals surface area contributed by atoms with Crippen LogP contribution in [0.3, 0.4) is 0 Å². The highest BCUT2D eigenvalue weighted by molar-refractivity contribution is 5.99. The monoisotopic (exact) mass is 375 g/mol. The van der Waals surface area contributed by atoms with Crippen molar-refractivity contribution in [2.75, 3.05) is 53.5 Å². The summed E-state index contributed by atoms with van der Waals surface area (Å²) in [6.07, 6.45) is -0.292. The van der Waals surface area contributed by atoms with E-state index >= 15 is 0 Å². The number of hydrogen-bond acceptors (Lipinski definition) is 6. The van der Waals surface area contributed by atoms with E-state index in [2.05, 4.69) is 10.2 Å². The molecule has 0 bridgehead atoms. The lowest BCUT2D eigenvalue weighted by Crippen LogP contribution is -2.50. The third-order valence-corrected chi connectivity index (χ3v) is 4.87. The number of benzene rings is 1. The Balaban J connectivity index is 1.52. The van der Waals surface area contributed by atoms with Crippen LogP contribution in [0.1, 0.15) is 16.1 Å². The van der Waals surface area contributed by atoms with E-state index in [0.29, 0.717) is 43.3 Å². The molecule has 1 N–H and O–H groups in total. The van der Waals surface area contributed by atoms with Crippen LogP contribution in [0.2, 0.25) is 0 Å². The lowest BCUT2D eigenvalue weighted by atomic mass is 10.1. The van der Waals surface area contributed by atoms with Crippen LogP contribution in [0, 0.1) is 6.92 Å². The van der Waals surface area contributed by atoms with Gasteiger partial charge in [0.1, 0.15) is 11.3 Å². The fraction of sp³-hybridized carbons (Fsp3) is 0.474. The molecule has 146 valence electrons. The number of fused-ring (bicyclic) bond motifs is 1. The molecular weight excluding hydrogens is 350 g/mol. The summed E-state index contributed by atoms with van der Waals surface area (Å²) in [6, 6.07) is 5.52. The molecule has 1 aromatic heterocycles. The minimum atomic E-state index is -0.292. The molecular formula is C19H25N3O5. The average molecular weight is 375 g/mol. The minimum Gasteiger partial charge on any atom is -0.497 e. The second kappa shape index (κ2) is 8.30. The number of hydrogen-bond donors (Lipinski definition) is 1. The number of carbonyl (C=O) groups is 2. The van der Waals surface area contributed by atoms with Crippen molar-refractivity contribution in [1.82, 2.24) is 15.1 Å². The quantitative estimate of drug-likeness (QED) is 0.859. The van der Waals surface area contributed by atoms with Crippen molar-refractivity contribution in [2.45, 2.75) is 6.92 Å². The van der Waals surface area contributed by atoms with Gasteiger partial charge in [0.25, 0.3) is 5.91 Å². The molecule has 2 heterocycles. The number of nitrogens with zero attached hydrogens (tertiary/aromatic N) is 2. The van der Waals surface area contributed by atoms with E-state index in [1.165, 1.54) is 7.11 Å². The zero-order chi connectivity index (χ0) is 19.4. The van der Waals surface area contributed by atoms with Crippen molar-refractivity contribution in [2.24, 2.45) is 0 Å². The molecule has 1 fully saturated rings.